The lowest BCUT2D eigenvalue weighted by Gasteiger charge is -2.46. The van der Waals surface area contributed by atoms with Crippen LogP contribution in [0.1, 0.15) is 20.8 Å². The molecule has 2 N–H and O–H groups in total. The molecular formula is C13H17BN3O5PS. The number of fused-ring (bicyclic) bond motifs is 1. The maximum Gasteiger partial charge on any atom is 0.365 e. The predicted molar refractivity (Wildman–Crippen MR) is 89.5 cm³/mol. The molecule has 2 aliphatic rings. The normalized spacial score (nSPS) is 27.1. The number of aliphatic hydroxyl groups excluding tert-OH is 1. The molecule has 0 aromatic heterocycles. The molecule has 0 aromatic rings. The molecule has 2 heterocycles. The summed E-state index contributed by atoms with van der Waals surface area (Å²) in [6, 6.07) is -0.300. The van der Waals surface area contributed by atoms with E-state index < -0.39 is 18.0 Å². The van der Waals surface area contributed by atoms with Crippen LogP contribution in [0.2, 0.25) is 0 Å². The fourth-order valence-electron chi connectivity index (χ4n) is 3.03. The molecule has 4 unspecified atom stereocenters. The maximum absolute atomic E-state index is 12.3. The average molecular weight is 369 g/mol. The number of hydrogen-bond donors (Lipinski definition) is 2. The maximum atomic E-state index is 12.3. The van der Waals surface area contributed by atoms with Crippen molar-refractivity contribution in [3.63, 3.8) is 0 Å². The summed E-state index contributed by atoms with van der Waals surface area (Å²) < 4.78 is 8.10. The molecule has 24 heavy (non-hydrogen) atoms. The van der Waals surface area contributed by atoms with Crippen LogP contribution in [0.3, 0.4) is 0 Å². The van der Waals surface area contributed by atoms with Gasteiger partial charge in [-0.05, 0) is 6.92 Å². The second-order valence-corrected chi connectivity index (χ2v) is 7.16. The van der Waals surface area contributed by atoms with Crippen LogP contribution in [0, 0.1) is 11.8 Å². The van der Waals surface area contributed by atoms with E-state index in [4.69, 9.17) is 12.5 Å². The number of nitrogens with one attached hydrogen (secondary N) is 1. The van der Waals surface area contributed by atoms with Crippen LogP contribution >= 0.6 is 20.4 Å². The molecule has 0 bridgehead atoms. The topological polar surface area (TPSA) is 108 Å². The van der Waals surface area contributed by atoms with Gasteiger partial charge in [0, 0.05) is 17.7 Å². The van der Waals surface area contributed by atoms with Gasteiger partial charge in [-0.25, -0.2) is 4.79 Å². The van der Waals surface area contributed by atoms with Crippen LogP contribution in [0.15, 0.2) is 15.3 Å². The van der Waals surface area contributed by atoms with Crippen LogP contribution in [0.25, 0.3) is 0 Å². The van der Waals surface area contributed by atoms with Gasteiger partial charge in [0.2, 0.25) is 20.4 Å². The minimum atomic E-state index is -0.810. The summed E-state index contributed by atoms with van der Waals surface area (Å²) in [6.45, 7) is 4.82. The highest BCUT2D eigenvalue weighted by Crippen LogP contribution is 2.50. The molecular weight excluding hydrogens is 352 g/mol. The van der Waals surface area contributed by atoms with E-state index in [0.717, 1.165) is 0 Å². The number of carbonyl (C=O) groups excluding carboxylic acids is 3. The van der Waals surface area contributed by atoms with Crippen molar-refractivity contribution in [2.24, 2.45) is 16.5 Å². The van der Waals surface area contributed by atoms with Crippen molar-refractivity contribution in [2.75, 3.05) is 5.88 Å². The Bertz CT molecular complexity index is 627. The van der Waals surface area contributed by atoms with Crippen LogP contribution in [0.5, 0.6) is 0 Å². The monoisotopic (exact) mass is 369 g/mol. The number of β-lactam (4-membered cyclic amide) rings is 1. The average Bonchev–Trinajstić information content (AvgIpc) is 2.74. The quantitative estimate of drug-likeness (QED) is 0.307. The van der Waals surface area contributed by atoms with Gasteiger partial charge in [-0.3, -0.25) is 9.59 Å². The van der Waals surface area contributed by atoms with Gasteiger partial charge in [0.15, 0.2) is 0 Å². The van der Waals surface area contributed by atoms with E-state index in [0.29, 0.717) is 4.91 Å². The van der Waals surface area contributed by atoms with E-state index in [-0.39, 0.29) is 43.9 Å². The van der Waals surface area contributed by atoms with Crippen LogP contribution in [0.4, 0.5) is 0 Å². The summed E-state index contributed by atoms with van der Waals surface area (Å²) in [5, 5.41) is 12.5. The van der Waals surface area contributed by atoms with Gasteiger partial charge in [-0.15, -0.1) is 11.8 Å². The van der Waals surface area contributed by atoms with Crippen molar-refractivity contribution < 1.29 is 24.0 Å². The second-order valence-electron chi connectivity index (χ2n) is 5.56. The van der Waals surface area contributed by atoms with Crippen LogP contribution in [-0.4, -0.2) is 53.8 Å². The van der Waals surface area contributed by atoms with E-state index in [1.807, 2.05) is 6.92 Å². The Hall–Kier alpha value is -1.38. The molecule has 2 amide bonds. The highest BCUT2D eigenvalue weighted by molar-refractivity contribution is 8.03. The van der Waals surface area contributed by atoms with Gasteiger partial charge < -0.3 is 24.5 Å². The van der Waals surface area contributed by atoms with E-state index in [1.165, 1.54) is 23.6 Å². The van der Waals surface area contributed by atoms with Gasteiger partial charge in [0.1, 0.15) is 5.70 Å². The van der Waals surface area contributed by atoms with Crippen molar-refractivity contribution in [1.82, 2.24) is 10.2 Å². The number of nitrogens with zero attached hydrogens (tertiary/aromatic N) is 2. The lowest BCUT2D eigenvalue weighted by atomic mass is 9.79. The Morgan fingerprint density at radius 2 is 2.25 bits per heavy atom. The molecule has 0 saturated carbocycles. The molecule has 2 aliphatic heterocycles. The molecule has 11 heteroatoms. The standard InChI is InChI=1S/C13H17BN3O5PS/c1-5-9-8(6(2)18)12(20)17(9)10(13(21)22-23-16-14)11(5)24-4-15-7(3)19/h5-6,8-9,18H,4H2,1-3H3,(H,15,19). The first-order chi connectivity index (χ1) is 11.3. The molecule has 2 rings (SSSR count). The molecule has 1 saturated heterocycles. The Kier molecular flexibility index (Phi) is 6.06. The predicted octanol–water partition coefficient (Wildman–Crippen LogP) is 0.554. The number of carbonyl (C=O) groups is 3. The number of thioether (sulfide) groups is 1. The SMILES string of the molecule is [B]N=POC(=O)C1=C(SCNC(C)=O)C(C)C2C(C(C)O)C(=O)N12. The summed E-state index contributed by atoms with van der Waals surface area (Å²) in [7, 11) is 4.90. The zero-order chi connectivity index (χ0) is 18.0. The zero-order valence-electron chi connectivity index (χ0n) is 13.4. The molecule has 4 atom stereocenters. The third kappa shape index (κ3) is 3.36. The molecule has 8 nitrogen and oxygen atoms in total. The van der Waals surface area contributed by atoms with Gasteiger partial charge in [0.25, 0.3) is 7.98 Å². The van der Waals surface area contributed by atoms with E-state index in [9.17, 15) is 19.5 Å². The number of rotatable bonds is 6. The first kappa shape index (κ1) is 19.0. The van der Waals surface area contributed by atoms with Crippen molar-refractivity contribution in [3.05, 3.63) is 10.6 Å². The first-order valence-corrected chi connectivity index (χ1v) is 9.00. The Labute approximate surface area is 146 Å². The fourth-order valence-corrected chi connectivity index (χ4v) is 4.38. The lowest BCUT2D eigenvalue weighted by molar-refractivity contribution is -0.162. The molecule has 0 spiro atoms. The lowest BCUT2D eigenvalue weighted by Crippen LogP contribution is -2.63. The summed E-state index contributed by atoms with van der Waals surface area (Å²) in [4.78, 5) is 37.7. The summed E-state index contributed by atoms with van der Waals surface area (Å²) in [5.74, 6) is -1.67. The van der Waals surface area contributed by atoms with Gasteiger partial charge >= 0.3 is 5.97 Å². The van der Waals surface area contributed by atoms with Gasteiger partial charge in [-0.2, -0.15) is 0 Å². The molecule has 0 aliphatic carbocycles. The third-order valence-electron chi connectivity index (χ3n) is 4.02. The minimum absolute atomic E-state index is 0.0673. The number of aliphatic hydroxyl groups is 1. The Morgan fingerprint density at radius 3 is 2.79 bits per heavy atom. The molecule has 1 fully saturated rings. The van der Waals surface area contributed by atoms with E-state index in [1.54, 1.807) is 6.92 Å². The van der Waals surface area contributed by atoms with E-state index in [2.05, 4.69) is 9.97 Å². The Morgan fingerprint density at radius 1 is 1.58 bits per heavy atom. The van der Waals surface area contributed by atoms with Gasteiger partial charge in [0.05, 0.1) is 23.9 Å². The summed E-state index contributed by atoms with van der Waals surface area (Å²) in [6.07, 6.45) is -0.810. The number of amides is 2. The van der Waals surface area contributed by atoms with Crippen LogP contribution in [-0.2, 0) is 18.9 Å². The first-order valence-electron chi connectivity index (χ1n) is 7.25. The highest BCUT2D eigenvalue weighted by atomic mass is 32.2. The smallest absolute Gasteiger partial charge is 0.365 e. The van der Waals surface area contributed by atoms with Crippen molar-refractivity contribution in [1.29, 1.82) is 0 Å². The van der Waals surface area contributed by atoms with Crippen molar-refractivity contribution >= 4 is 46.1 Å². The minimum Gasteiger partial charge on any atom is -0.393 e. The van der Waals surface area contributed by atoms with Crippen LogP contribution < -0.4 is 5.32 Å². The largest absolute Gasteiger partial charge is 0.393 e. The molecule has 2 radical (unpaired) electrons. The van der Waals surface area contributed by atoms with E-state index >= 15 is 0 Å². The van der Waals surface area contributed by atoms with Crippen molar-refractivity contribution in [2.45, 2.75) is 32.9 Å². The second kappa shape index (κ2) is 7.67. The zero-order valence-corrected chi connectivity index (χ0v) is 15.1. The fraction of sp³-hybridized carbons (Fsp3) is 0.615. The summed E-state index contributed by atoms with van der Waals surface area (Å²) in [5.41, 5.74) is 0.140. The highest BCUT2D eigenvalue weighted by Gasteiger charge is 2.60. The van der Waals surface area contributed by atoms with Crippen molar-refractivity contribution in [3.8, 4) is 0 Å². The molecule has 128 valence electrons. The molecule has 0 aromatic carbocycles. The summed E-state index contributed by atoms with van der Waals surface area (Å²) >= 11 is 1.26. The third-order valence-corrected chi connectivity index (χ3v) is 5.53. The number of hydrogen-bond acceptors (Lipinski definition) is 7. The Balaban J connectivity index is 2.29. The van der Waals surface area contributed by atoms with Gasteiger partial charge in [-0.1, -0.05) is 6.92 Å².